The van der Waals surface area contributed by atoms with Gasteiger partial charge in [-0.25, -0.2) is 0 Å². The molecule has 14 heteroatoms. The van der Waals surface area contributed by atoms with Crippen molar-refractivity contribution in [3.63, 3.8) is 0 Å². The molecule has 2 heterocycles. The van der Waals surface area contributed by atoms with Gasteiger partial charge in [0.25, 0.3) is 0 Å². The predicted octanol–water partition coefficient (Wildman–Crippen LogP) is 14.1. The molecule has 12 atom stereocenters. The summed E-state index contributed by atoms with van der Waals surface area (Å²) in [5, 5.41) is 87.4. The maximum absolute atomic E-state index is 13.3. The summed E-state index contributed by atoms with van der Waals surface area (Å²) in [4.78, 5) is 13.3. The molecule has 12 unspecified atom stereocenters. The summed E-state index contributed by atoms with van der Waals surface area (Å²) in [6.45, 7) is 2.80. The highest BCUT2D eigenvalue weighted by molar-refractivity contribution is 5.76. The van der Waals surface area contributed by atoms with E-state index in [0.29, 0.717) is 12.8 Å². The van der Waals surface area contributed by atoms with E-state index >= 15 is 0 Å². The maximum atomic E-state index is 13.3. The second kappa shape index (κ2) is 55.7. The van der Waals surface area contributed by atoms with E-state index in [1.165, 1.54) is 205 Å². The molecule has 1 amide bonds. The topological polar surface area (TPSA) is 228 Å². The molecule has 496 valence electrons. The van der Waals surface area contributed by atoms with Crippen LogP contribution >= 0.6 is 0 Å². The number of allylic oxidation sites excluding steroid dienone is 9. The molecule has 85 heavy (non-hydrogen) atoms. The van der Waals surface area contributed by atoms with Gasteiger partial charge in [0, 0.05) is 6.42 Å². The fourth-order valence-electron chi connectivity index (χ4n) is 11.3. The van der Waals surface area contributed by atoms with Gasteiger partial charge < -0.3 is 65.1 Å². The van der Waals surface area contributed by atoms with Gasteiger partial charge >= 0.3 is 0 Å². The Morgan fingerprint density at radius 2 is 0.788 bits per heavy atom. The number of aliphatic hydroxyl groups is 8. The SMILES string of the molecule is CCCCCCC/C=C\C/C=C\C/C=C\CCCCCCCCCCC(=O)NC(COC1OC(CO)C(OC2OC(CO)C(O)C(O)C2O)C(O)C1O)C(O)/C=C/CC/C=C/CCCCCCCCCCCCCCCCCCCCCCCC. The third kappa shape index (κ3) is 40.1. The minimum Gasteiger partial charge on any atom is -0.394 e. The molecule has 0 aromatic rings. The van der Waals surface area contributed by atoms with Crippen LogP contribution < -0.4 is 5.32 Å². The Balaban J connectivity index is 1.71. The lowest BCUT2D eigenvalue weighted by Gasteiger charge is -2.46. The Morgan fingerprint density at radius 3 is 1.24 bits per heavy atom. The van der Waals surface area contributed by atoms with Gasteiger partial charge in [0.2, 0.25) is 5.91 Å². The van der Waals surface area contributed by atoms with Crippen molar-refractivity contribution in [3.8, 4) is 0 Å². The molecular weight excluding hydrogens is 1070 g/mol. The summed E-state index contributed by atoms with van der Waals surface area (Å²) in [5.74, 6) is -0.255. The molecule has 0 aromatic heterocycles. The number of hydrogen-bond donors (Lipinski definition) is 9. The third-order valence-electron chi connectivity index (χ3n) is 16.9. The number of hydrogen-bond acceptors (Lipinski definition) is 13. The minimum atomic E-state index is -1.79. The molecule has 14 nitrogen and oxygen atoms in total. The van der Waals surface area contributed by atoms with Gasteiger partial charge in [0.1, 0.15) is 48.8 Å². The van der Waals surface area contributed by atoms with E-state index in [9.17, 15) is 45.6 Å². The van der Waals surface area contributed by atoms with Crippen LogP contribution in [0.1, 0.15) is 290 Å². The average Bonchev–Trinajstić information content (AvgIpc) is 3.68. The lowest BCUT2D eigenvalue weighted by Crippen LogP contribution is -2.65. The Labute approximate surface area is 517 Å². The van der Waals surface area contributed by atoms with Crippen LogP contribution in [0.25, 0.3) is 0 Å². The first-order valence-corrected chi connectivity index (χ1v) is 35.0. The van der Waals surface area contributed by atoms with Crippen LogP contribution in [0.3, 0.4) is 0 Å². The Morgan fingerprint density at radius 1 is 0.424 bits per heavy atom. The molecule has 0 aliphatic carbocycles. The molecule has 9 N–H and O–H groups in total. The summed E-state index contributed by atoms with van der Waals surface area (Å²) in [6, 6.07) is -0.940. The quantitative estimate of drug-likeness (QED) is 0.0204. The van der Waals surface area contributed by atoms with Gasteiger partial charge in [-0.15, -0.1) is 0 Å². The third-order valence-corrected chi connectivity index (χ3v) is 16.9. The summed E-state index contributed by atoms with van der Waals surface area (Å²) in [7, 11) is 0. The van der Waals surface area contributed by atoms with Crippen molar-refractivity contribution in [1.82, 2.24) is 5.32 Å². The Bertz CT molecular complexity index is 1660. The second-order valence-electron chi connectivity index (χ2n) is 24.6. The molecule has 2 saturated heterocycles. The van der Waals surface area contributed by atoms with Crippen molar-refractivity contribution >= 4 is 5.91 Å². The Kier molecular flexibility index (Phi) is 51.7. The molecule has 0 radical (unpaired) electrons. The molecule has 0 spiro atoms. The molecule has 2 aliphatic rings. The Hall–Kier alpha value is -2.31. The molecule has 0 bridgehead atoms. The maximum Gasteiger partial charge on any atom is 0.220 e. The van der Waals surface area contributed by atoms with Crippen LogP contribution in [-0.2, 0) is 23.7 Å². The molecule has 2 aliphatic heterocycles. The largest absolute Gasteiger partial charge is 0.394 e. The average molecular weight is 1200 g/mol. The van der Waals surface area contributed by atoms with E-state index in [1.54, 1.807) is 6.08 Å². The van der Waals surface area contributed by atoms with Crippen molar-refractivity contribution in [1.29, 1.82) is 0 Å². The predicted molar refractivity (Wildman–Crippen MR) is 346 cm³/mol. The van der Waals surface area contributed by atoms with Crippen LogP contribution in [0.5, 0.6) is 0 Å². The smallest absolute Gasteiger partial charge is 0.220 e. The molecule has 0 aromatic carbocycles. The standard InChI is InChI=1S/C71H129NO13/c1-3-5-7-9-11-13-15-17-19-21-23-25-27-28-29-30-31-33-34-36-38-40-42-44-46-48-50-52-54-60(75)59(58-82-70-68(81)66(79)69(62(57-74)84-70)85-71-67(80)65(78)64(77)61(56-73)83-71)72-63(76)55-53-51-49-47-45-43-41-39-37-35-32-26-24-22-20-18-16-14-12-10-8-6-4-2/h16,18,22,24,32,35,44,46,52,54,59-62,64-71,73-75,77-81H,3-15,17,19-21,23,25-31,33-34,36-43,45,47-51,53,55-58H2,1-2H3,(H,72,76)/b18-16-,24-22-,35-32-,46-44+,54-52+. The van der Waals surface area contributed by atoms with Gasteiger partial charge in [0.15, 0.2) is 12.6 Å². The van der Waals surface area contributed by atoms with Gasteiger partial charge in [-0.2, -0.15) is 0 Å². The van der Waals surface area contributed by atoms with E-state index in [1.807, 2.05) is 6.08 Å². The van der Waals surface area contributed by atoms with Gasteiger partial charge in [-0.3, -0.25) is 4.79 Å². The van der Waals surface area contributed by atoms with Gasteiger partial charge in [0.05, 0.1) is 32.0 Å². The number of ether oxygens (including phenoxy) is 4. The molecular formula is C71H129NO13. The fourth-order valence-corrected chi connectivity index (χ4v) is 11.3. The lowest BCUT2D eigenvalue weighted by atomic mass is 9.97. The van der Waals surface area contributed by atoms with Crippen LogP contribution in [0.15, 0.2) is 60.8 Å². The monoisotopic (exact) mass is 1200 g/mol. The van der Waals surface area contributed by atoms with Crippen LogP contribution in [0, 0.1) is 0 Å². The number of carbonyl (C=O) groups excluding carboxylic acids is 1. The molecule has 0 saturated carbocycles. The normalized spacial score (nSPS) is 23.9. The van der Waals surface area contributed by atoms with E-state index in [-0.39, 0.29) is 18.9 Å². The van der Waals surface area contributed by atoms with Crippen LogP contribution in [0.4, 0.5) is 0 Å². The van der Waals surface area contributed by atoms with Crippen molar-refractivity contribution in [2.45, 2.75) is 364 Å². The molecule has 2 rings (SSSR count). The van der Waals surface area contributed by atoms with Crippen molar-refractivity contribution in [2.75, 3.05) is 19.8 Å². The highest BCUT2D eigenvalue weighted by Crippen LogP contribution is 2.30. The minimum absolute atomic E-state index is 0.255. The summed E-state index contributed by atoms with van der Waals surface area (Å²) >= 11 is 0. The number of carbonyl (C=O) groups is 1. The first-order valence-electron chi connectivity index (χ1n) is 35.0. The van der Waals surface area contributed by atoms with Crippen LogP contribution in [-0.4, -0.2) is 140 Å². The van der Waals surface area contributed by atoms with E-state index in [0.717, 1.165) is 51.4 Å². The fraction of sp³-hybridized carbons (Fsp3) is 0.845. The first kappa shape index (κ1) is 78.8. The second-order valence-corrected chi connectivity index (χ2v) is 24.6. The number of unbranched alkanes of at least 4 members (excludes halogenated alkanes) is 36. The van der Waals surface area contributed by atoms with Gasteiger partial charge in [-0.05, 0) is 70.6 Å². The lowest BCUT2D eigenvalue weighted by molar-refractivity contribution is -0.359. The van der Waals surface area contributed by atoms with Crippen LogP contribution in [0.2, 0.25) is 0 Å². The van der Waals surface area contributed by atoms with E-state index in [2.05, 4.69) is 67.8 Å². The van der Waals surface area contributed by atoms with E-state index in [4.69, 9.17) is 18.9 Å². The highest BCUT2D eigenvalue weighted by Gasteiger charge is 2.51. The number of amides is 1. The zero-order valence-corrected chi connectivity index (χ0v) is 53.8. The summed E-state index contributed by atoms with van der Waals surface area (Å²) in [5.41, 5.74) is 0. The van der Waals surface area contributed by atoms with E-state index < -0.39 is 86.8 Å². The number of nitrogens with one attached hydrogen (secondary N) is 1. The van der Waals surface area contributed by atoms with Crippen molar-refractivity contribution in [3.05, 3.63) is 60.8 Å². The highest BCUT2D eigenvalue weighted by atomic mass is 16.7. The summed E-state index contributed by atoms with van der Waals surface area (Å²) < 4.78 is 22.8. The zero-order valence-electron chi connectivity index (χ0n) is 53.8. The van der Waals surface area contributed by atoms with Crippen molar-refractivity contribution in [2.24, 2.45) is 0 Å². The first-order chi connectivity index (χ1) is 41.6. The zero-order chi connectivity index (χ0) is 61.6. The molecule has 2 fully saturated rings. The van der Waals surface area contributed by atoms with Gasteiger partial charge in [-0.1, -0.05) is 274 Å². The van der Waals surface area contributed by atoms with Crippen molar-refractivity contribution < 1.29 is 64.6 Å². The number of aliphatic hydroxyl groups excluding tert-OH is 8. The number of rotatable bonds is 57. The summed E-state index contributed by atoms with van der Waals surface area (Å²) in [6.07, 6.45) is 57.0.